The summed E-state index contributed by atoms with van der Waals surface area (Å²) in [6, 6.07) is 17.3. The zero-order chi connectivity index (χ0) is 91.5. The average molecular weight is 1270 g/mol. The maximum Gasteiger partial charge on any atom is 0.268 e. The molecule has 11 aromatic rings. The Morgan fingerprint density at radius 1 is 0.588 bits per heavy atom. The predicted molar refractivity (Wildman–Crippen MR) is 326 cm³/mol. The Labute approximate surface area is 548 Å². The van der Waals surface area contributed by atoms with Crippen LogP contribution in [-0.4, -0.2) is 14.1 Å². The van der Waals surface area contributed by atoms with Crippen LogP contribution in [0.15, 0.2) is 176 Å². The minimum absolute atomic E-state index is 0. The molecule has 0 N–H and O–H groups in total. The van der Waals surface area contributed by atoms with Crippen LogP contribution in [0.25, 0.3) is 83.4 Å². The quantitative estimate of drug-likeness (QED) is 0.112. The Hall–Kier alpha value is -7.33. The summed E-state index contributed by atoms with van der Waals surface area (Å²) >= 11 is 0. The van der Waals surface area contributed by atoms with Crippen LogP contribution in [0.2, 0.25) is 0 Å². The summed E-state index contributed by atoms with van der Waals surface area (Å²) < 4.78 is 406. The second-order valence-corrected chi connectivity index (χ2v) is 20.3. The molecule has 3 heterocycles. The van der Waals surface area contributed by atoms with Crippen LogP contribution in [0.5, 0.6) is 11.5 Å². The van der Waals surface area contributed by atoms with Gasteiger partial charge in [-0.1, -0.05) is 202 Å². The third kappa shape index (κ3) is 9.14. The van der Waals surface area contributed by atoms with Crippen molar-refractivity contribution in [3.8, 4) is 62.1 Å². The fourth-order valence-corrected chi connectivity index (χ4v) is 9.95. The van der Waals surface area contributed by atoms with Gasteiger partial charge in [-0.2, -0.15) is 18.2 Å². The Bertz CT molecular complexity index is 5950. The van der Waals surface area contributed by atoms with Crippen molar-refractivity contribution in [2.45, 2.75) is 128 Å². The molecule has 0 radical (unpaired) electrons. The van der Waals surface area contributed by atoms with E-state index < -0.39 is 224 Å². The Kier molecular flexibility index (Phi) is 5.65. The zero-order valence-corrected chi connectivity index (χ0v) is 44.7. The van der Waals surface area contributed by atoms with Crippen LogP contribution in [0.1, 0.15) is 188 Å². The third-order valence-corrected chi connectivity index (χ3v) is 13.9. The van der Waals surface area contributed by atoms with Gasteiger partial charge in [0.1, 0.15) is 5.82 Å². The summed E-state index contributed by atoms with van der Waals surface area (Å²) in [5.41, 5.74) is -31.0. The molecule has 0 amide bonds. The van der Waals surface area contributed by atoms with Crippen molar-refractivity contribution >= 4 is 32.8 Å². The topological polar surface area (TPSA) is 35.9 Å². The number of benzene rings is 8. The first-order valence-corrected chi connectivity index (χ1v) is 24.6. The van der Waals surface area contributed by atoms with Gasteiger partial charge in [-0.15, -0.1) is 29.7 Å². The standard InChI is InChI=1S/C74H70N4O.Pt/c1-70(2,3)52-35-40-75-68(44-52)78-64-34-29-49(48-19-13-12-14-20-48)41-59(64)58-31-30-55(46-67(58)78)79-54-22-17-21-53(45-54)76-47-77(66-26-16-15-25-65(66)76)69-56(50-27-32-60-62(42-50)73(8,9)38-36-71(60,4)5)23-18-24-57(69)51-28-33-61-63(43-51)74(10,11)39-37-72(61,6)7;/h12-35,40-44H,36-39H2,1-11H3;/q-2;/i4D3,5D3,6D3,7D3,8D3,9D3,10D3,11D3,12D,13D,14D,19D,20D,27D,28D,32D,33D,36D2,37D2,38D2,39D2,42D,43D;. The number of hydrogen-bond acceptors (Lipinski definition) is 2. The minimum atomic E-state index is -4.88. The van der Waals surface area contributed by atoms with Gasteiger partial charge in [-0.3, -0.25) is 4.57 Å². The van der Waals surface area contributed by atoms with E-state index in [-0.39, 0.29) is 60.4 Å². The molecule has 13 rings (SSSR count). The first kappa shape index (κ1) is 23.3. The summed E-state index contributed by atoms with van der Waals surface area (Å²) in [4.78, 5) is 4.75. The molecule has 2 aliphatic carbocycles. The smallest absolute Gasteiger partial charge is 0.268 e. The number of para-hydroxylation sites is 3. The summed E-state index contributed by atoms with van der Waals surface area (Å²) in [6.45, 7) is -30.7. The first-order valence-electron chi connectivity index (χ1n) is 46.1. The van der Waals surface area contributed by atoms with Crippen LogP contribution in [0.4, 0.5) is 0 Å². The SMILES string of the molecule is [2H]c1c([2H])c([2H])c(-c2ccc3c(c2)c2ccc(Oc4[c-]c(-n5[c-][n+](-c6c(-c7c([2H])c([2H])c8c(c7[2H])C(C([2H])([2H])[2H])(C([2H])([2H])[2H])C([2H])([2H])C([2H])([2H])C8(C([2H])([2H])[2H])C([2H])([2H])[2H])cccc6-c6c([2H])c([2H])c7c(c6[2H])C(C([2H])([2H])[2H])(C([2H])([2H])[2H])C([2H])([2H])C([2H])([2H])C7(C([2H])([2H])[2H])C([2H])([2H])[2H])c6ccccc65)ccc4)[c-]c2n3-c2cc(C(C)(C)C)ccn2)c([2H])c1[2H].[Pt]. The van der Waals surface area contributed by atoms with E-state index in [0.717, 1.165) is 28.3 Å². The summed E-state index contributed by atoms with van der Waals surface area (Å²) in [5, 5.41) is 1.01. The molecule has 404 valence electrons. The molecular weight excluding hydrogens is 1160 g/mol. The van der Waals surface area contributed by atoms with Crippen molar-refractivity contribution in [3.05, 3.63) is 222 Å². The zero-order valence-electron chi connectivity index (χ0n) is 85.4. The van der Waals surface area contributed by atoms with Crippen molar-refractivity contribution in [1.82, 2.24) is 14.1 Å². The van der Waals surface area contributed by atoms with E-state index in [2.05, 4.69) is 18.5 Å². The van der Waals surface area contributed by atoms with Gasteiger partial charge in [0.25, 0.3) is 6.33 Å². The third-order valence-electron chi connectivity index (χ3n) is 13.9. The molecular formula is C74H70N4OPt-2. The molecule has 8 aromatic carbocycles. The van der Waals surface area contributed by atoms with Crippen LogP contribution in [0, 0.1) is 18.5 Å². The van der Waals surface area contributed by atoms with E-state index in [1.54, 1.807) is 35.0 Å². The number of nitrogens with zero attached hydrogens (tertiary/aromatic N) is 4. The van der Waals surface area contributed by atoms with E-state index >= 15 is 0 Å². The van der Waals surface area contributed by atoms with Crippen LogP contribution in [-0.2, 0) is 48.1 Å². The molecule has 0 aliphatic heterocycles. The molecule has 0 saturated carbocycles. The van der Waals surface area contributed by atoms with Gasteiger partial charge in [-0.05, 0) is 143 Å². The van der Waals surface area contributed by atoms with E-state index in [4.69, 9.17) is 49.5 Å². The van der Waals surface area contributed by atoms with Crippen molar-refractivity contribution in [1.29, 1.82) is 0 Å². The molecule has 5 nitrogen and oxygen atoms in total. The Balaban J connectivity index is 0.0000138. The molecule has 3 aromatic heterocycles. The van der Waals surface area contributed by atoms with Gasteiger partial charge < -0.3 is 13.9 Å². The normalized spacial score (nSPS) is 27.7. The molecule has 0 bridgehead atoms. The van der Waals surface area contributed by atoms with Crippen molar-refractivity contribution < 1.29 is 89.3 Å². The Morgan fingerprint density at radius 2 is 1.21 bits per heavy atom. The predicted octanol–water partition coefficient (Wildman–Crippen LogP) is 18.6. The maximum atomic E-state index is 10.4. The number of fused-ring (bicyclic) bond motifs is 6. The van der Waals surface area contributed by atoms with E-state index in [1.165, 1.54) is 53.1 Å². The largest absolute Gasteiger partial charge is 0.510 e. The number of pyridine rings is 1. The average Bonchev–Trinajstić information content (AvgIpc) is 1.44. The van der Waals surface area contributed by atoms with Crippen LogP contribution < -0.4 is 9.30 Å². The monoisotopic (exact) mass is 1270 g/mol. The molecule has 6 heteroatoms. The fourth-order valence-electron chi connectivity index (χ4n) is 9.95. The number of aromatic nitrogens is 4. The van der Waals surface area contributed by atoms with Gasteiger partial charge >= 0.3 is 0 Å². The van der Waals surface area contributed by atoms with Crippen molar-refractivity contribution in [2.24, 2.45) is 0 Å². The molecule has 2 aliphatic rings. The van der Waals surface area contributed by atoms with E-state index in [0.29, 0.717) is 27.6 Å². The summed E-state index contributed by atoms with van der Waals surface area (Å²) in [7, 11) is 0. The number of imidazole rings is 1. The molecule has 0 spiro atoms. The second-order valence-electron chi connectivity index (χ2n) is 20.3. The van der Waals surface area contributed by atoms with Gasteiger partial charge in [0, 0.05) is 88.1 Å². The second kappa shape index (κ2) is 19.4. The first-order chi connectivity index (χ1) is 55.4. The fraction of sp³-hybridized carbons (Fsp3) is 0.270. The molecule has 0 saturated heterocycles. The van der Waals surface area contributed by atoms with E-state index in [9.17, 15) is 19.2 Å². The number of ether oxygens (including phenoxy) is 1. The van der Waals surface area contributed by atoms with Crippen molar-refractivity contribution in [3.63, 3.8) is 0 Å². The number of hydrogen-bond donors (Lipinski definition) is 0. The molecule has 0 unspecified atom stereocenters. The van der Waals surface area contributed by atoms with Crippen LogP contribution >= 0.6 is 0 Å². The number of rotatable bonds is 8. The van der Waals surface area contributed by atoms with Gasteiger partial charge in [0.15, 0.2) is 0 Å². The van der Waals surface area contributed by atoms with Crippen molar-refractivity contribution in [2.75, 3.05) is 0 Å². The summed E-state index contributed by atoms with van der Waals surface area (Å²) in [5.74, 6) is 0.266. The van der Waals surface area contributed by atoms with Gasteiger partial charge in [-0.25, -0.2) is 4.98 Å². The summed E-state index contributed by atoms with van der Waals surface area (Å²) in [6.07, 6.45) is -14.8. The molecule has 0 atom stereocenters. The van der Waals surface area contributed by atoms with Gasteiger partial charge in [0.2, 0.25) is 0 Å². The van der Waals surface area contributed by atoms with E-state index in [1.807, 2.05) is 32.9 Å². The maximum absolute atomic E-state index is 10.4. The Morgan fingerprint density at radius 3 is 1.86 bits per heavy atom. The van der Waals surface area contributed by atoms with Crippen LogP contribution in [0.3, 0.4) is 0 Å². The van der Waals surface area contributed by atoms with Gasteiger partial charge in [0.05, 0.1) is 31.8 Å². The molecule has 80 heavy (non-hydrogen) atoms. The molecule has 0 fully saturated rings. The minimum Gasteiger partial charge on any atom is -0.510 e.